The van der Waals surface area contributed by atoms with Crippen LogP contribution in [-0.4, -0.2) is 33.8 Å². The molecule has 37 heavy (non-hydrogen) atoms. The molecule has 0 unspecified atom stereocenters. The number of hydrogen-bond acceptors (Lipinski definition) is 2. The number of benzene rings is 1. The summed E-state index contributed by atoms with van der Waals surface area (Å²) in [4.78, 5) is 0. The quantitative estimate of drug-likeness (QED) is 0.204. The SMILES string of the molecule is C1CCC([PH+](C2CCCCC2)C2CCCCC2)CC1.CC(C)Oc1ccc(OC(C)C)c([CH]=[Ru]([Cl])[Cl])c1. The summed E-state index contributed by atoms with van der Waals surface area (Å²) >= 11 is -1.88. The van der Waals surface area contributed by atoms with Crippen LogP contribution in [0.1, 0.15) is 130 Å². The van der Waals surface area contributed by atoms with Gasteiger partial charge in [0, 0.05) is 7.92 Å². The molecular weight excluding hydrogens is 607 g/mol. The van der Waals surface area contributed by atoms with Gasteiger partial charge in [-0.15, -0.1) is 0 Å². The van der Waals surface area contributed by atoms with Crippen molar-refractivity contribution in [2.45, 2.75) is 153 Å². The minimum absolute atomic E-state index is 0.0465. The molecule has 0 spiro atoms. The summed E-state index contributed by atoms with van der Waals surface area (Å²) in [6.45, 7) is 7.95. The molecule has 0 bridgehead atoms. The van der Waals surface area contributed by atoms with Gasteiger partial charge in [0.1, 0.15) is 0 Å². The van der Waals surface area contributed by atoms with Gasteiger partial charge in [-0.1, -0.05) is 19.3 Å². The second kappa shape index (κ2) is 17.2. The van der Waals surface area contributed by atoms with Crippen LogP contribution < -0.4 is 9.47 Å². The van der Waals surface area contributed by atoms with Crippen molar-refractivity contribution >= 4 is 31.9 Å². The fourth-order valence-corrected chi connectivity index (χ4v) is 13.7. The fraction of sp³-hybridized carbons (Fsp3) is 0.774. The third-order valence-corrected chi connectivity index (χ3v) is 14.5. The summed E-state index contributed by atoms with van der Waals surface area (Å²) in [6.07, 6.45) is 24.0. The molecule has 0 aliphatic heterocycles. The standard InChI is InChI=1S/C18H33P.C13H18O2.2ClH.Ru/c1-4-10-16(11-5-1)19(17-12-6-2-7-13-17)18-14-8-3-9-15-18;1-9(2)14-12-6-7-13(11(5)8-12)15-10(3)4;;;/h16-18H,1-15H2;5-10H,1-4H3;2*1H;/q;;;;+2/p-1. The molecule has 0 saturated heterocycles. The van der Waals surface area contributed by atoms with Crippen LogP contribution in [0.25, 0.3) is 0 Å². The van der Waals surface area contributed by atoms with E-state index in [2.05, 4.69) is 0 Å². The van der Waals surface area contributed by atoms with E-state index in [0.29, 0.717) is 0 Å². The van der Waals surface area contributed by atoms with E-state index in [1.54, 1.807) is 96.3 Å². The van der Waals surface area contributed by atoms with Crippen LogP contribution in [0, 0.1) is 0 Å². The van der Waals surface area contributed by atoms with Crippen LogP contribution in [0.5, 0.6) is 11.5 Å². The van der Waals surface area contributed by atoms with E-state index in [0.717, 1.165) is 17.1 Å². The maximum absolute atomic E-state index is 5.94. The Kier molecular flexibility index (Phi) is 14.8. The molecule has 2 nitrogen and oxygen atoms in total. The summed E-state index contributed by atoms with van der Waals surface area (Å²) in [5, 5.41) is 0. The Morgan fingerprint density at radius 3 is 1.51 bits per heavy atom. The van der Waals surface area contributed by atoms with Crippen molar-refractivity contribution < 1.29 is 23.0 Å². The average Bonchev–Trinajstić information content (AvgIpc) is 2.87. The molecule has 4 rings (SSSR count). The zero-order valence-electron chi connectivity index (χ0n) is 23.7. The molecule has 0 atom stereocenters. The predicted octanol–water partition coefficient (Wildman–Crippen LogP) is 10.5. The van der Waals surface area contributed by atoms with Crippen molar-refractivity contribution in [3.63, 3.8) is 0 Å². The molecule has 6 heteroatoms. The Balaban J connectivity index is 0.000000206. The average molecular weight is 660 g/mol. The molecule has 0 heterocycles. The van der Waals surface area contributed by atoms with Crippen molar-refractivity contribution in [3.8, 4) is 11.5 Å². The van der Waals surface area contributed by atoms with Gasteiger partial charge in [0.2, 0.25) is 0 Å². The Hall–Kier alpha value is 0.323. The van der Waals surface area contributed by atoms with Crippen molar-refractivity contribution in [2.24, 2.45) is 0 Å². The molecule has 3 fully saturated rings. The van der Waals surface area contributed by atoms with E-state index in [1.807, 2.05) is 50.5 Å². The van der Waals surface area contributed by atoms with Gasteiger partial charge in [-0.05, 0) is 77.0 Å². The molecule has 0 aromatic heterocycles. The summed E-state index contributed by atoms with van der Waals surface area (Å²) in [5.41, 5.74) is 4.59. The molecule has 3 saturated carbocycles. The van der Waals surface area contributed by atoms with E-state index in [-0.39, 0.29) is 20.1 Å². The van der Waals surface area contributed by atoms with Crippen molar-refractivity contribution in [3.05, 3.63) is 23.8 Å². The molecule has 3 aliphatic rings. The van der Waals surface area contributed by atoms with Crippen molar-refractivity contribution in [2.75, 3.05) is 0 Å². The van der Waals surface area contributed by atoms with Gasteiger partial charge in [-0.25, -0.2) is 0 Å². The molecule has 3 aliphatic carbocycles. The summed E-state index contributed by atoms with van der Waals surface area (Å²) < 4.78 is 13.2. The van der Waals surface area contributed by atoms with Gasteiger partial charge < -0.3 is 0 Å². The molecule has 0 radical (unpaired) electrons. The monoisotopic (exact) mass is 659 g/mol. The van der Waals surface area contributed by atoms with Crippen LogP contribution in [0.4, 0.5) is 0 Å². The van der Waals surface area contributed by atoms with E-state index in [9.17, 15) is 0 Å². The van der Waals surface area contributed by atoms with Crippen molar-refractivity contribution in [1.29, 1.82) is 0 Å². The van der Waals surface area contributed by atoms with E-state index >= 15 is 0 Å². The number of ether oxygens (including phenoxy) is 2. The number of hydrogen-bond donors (Lipinski definition) is 0. The molecule has 214 valence electrons. The first-order chi connectivity index (χ1) is 17.8. The second-order valence-electron chi connectivity index (χ2n) is 11.8. The third-order valence-electron chi connectivity index (χ3n) is 8.13. The zero-order valence-corrected chi connectivity index (χ0v) is 28.0. The normalized spacial score (nSPS) is 20.5. The number of halogens is 2. The number of rotatable bonds is 8. The van der Waals surface area contributed by atoms with Gasteiger partial charge in [-0.3, -0.25) is 0 Å². The van der Waals surface area contributed by atoms with Gasteiger partial charge in [0.05, 0.1) is 17.0 Å². The first-order valence-electron chi connectivity index (χ1n) is 15.0. The van der Waals surface area contributed by atoms with Gasteiger partial charge >= 0.3 is 122 Å². The molecular formula is C31H52Cl2O2PRu+. The van der Waals surface area contributed by atoms with Gasteiger partial charge in [0.15, 0.2) is 0 Å². The van der Waals surface area contributed by atoms with Gasteiger partial charge in [-0.2, -0.15) is 0 Å². The van der Waals surface area contributed by atoms with Crippen LogP contribution in [-0.2, 0) is 13.5 Å². The molecule has 0 N–H and O–H groups in total. The van der Waals surface area contributed by atoms with Gasteiger partial charge in [0.25, 0.3) is 0 Å². The first-order valence-corrected chi connectivity index (χ1v) is 22.2. The topological polar surface area (TPSA) is 18.5 Å². The molecule has 1 aromatic rings. The maximum atomic E-state index is 5.94. The van der Waals surface area contributed by atoms with E-state index < -0.39 is 13.5 Å². The Bertz CT molecular complexity index is 767. The second-order valence-corrected chi connectivity index (χ2v) is 21.0. The summed E-state index contributed by atoms with van der Waals surface area (Å²) in [7, 11) is 11.8. The van der Waals surface area contributed by atoms with Crippen LogP contribution in [0.15, 0.2) is 18.2 Å². The Labute approximate surface area is 242 Å². The third kappa shape index (κ3) is 11.4. The Morgan fingerprint density at radius 1 is 0.703 bits per heavy atom. The summed E-state index contributed by atoms with van der Waals surface area (Å²) in [5.74, 6) is 1.59. The predicted molar refractivity (Wildman–Crippen MR) is 164 cm³/mol. The van der Waals surface area contributed by atoms with Crippen LogP contribution in [0.3, 0.4) is 0 Å². The molecule has 1 aromatic carbocycles. The summed E-state index contributed by atoms with van der Waals surface area (Å²) in [6, 6.07) is 5.72. The zero-order chi connectivity index (χ0) is 26.6. The van der Waals surface area contributed by atoms with E-state index in [1.165, 1.54) is 17.0 Å². The first kappa shape index (κ1) is 31.8. The van der Waals surface area contributed by atoms with E-state index in [4.69, 9.17) is 28.9 Å². The van der Waals surface area contributed by atoms with Crippen LogP contribution in [0.2, 0.25) is 0 Å². The fourth-order valence-electron chi connectivity index (χ4n) is 6.70. The Morgan fingerprint density at radius 2 is 1.14 bits per heavy atom. The minimum atomic E-state index is -1.88. The molecule has 0 amide bonds. The van der Waals surface area contributed by atoms with Crippen molar-refractivity contribution in [1.82, 2.24) is 0 Å². The van der Waals surface area contributed by atoms with Crippen LogP contribution >= 0.6 is 27.3 Å².